The molecule has 5 heteroatoms. The lowest BCUT2D eigenvalue weighted by Gasteiger charge is -2.13. The lowest BCUT2D eigenvalue weighted by atomic mass is 10.2. The van der Waals surface area contributed by atoms with Crippen molar-refractivity contribution in [1.29, 1.82) is 0 Å². The smallest absolute Gasteiger partial charge is 0.0471 e. The third-order valence-electron chi connectivity index (χ3n) is 1.99. The third kappa shape index (κ3) is 7.44. The number of rotatable bonds is 9. The molecule has 0 heterocycles. The molecule has 0 aromatic heterocycles. The lowest BCUT2D eigenvalue weighted by molar-refractivity contribution is 0.200. The summed E-state index contributed by atoms with van der Waals surface area (Å²) in [5.41, 5.74) is 0. The number of ether oxygens (including phenoxy) is 1. The fraction of sp³-hybridized carbons (Fsp3) is 1.00. The van der Waals surface area contributed by atoms with Crippen molar-refractivity contribution in [3.8, 4) is 0 Å². The first-order valence-corrected chi connectivity index (χ1v) is 6.35. The van der Waals surface area contributed by atoms with Gasteiger partial charge < -0.3 is 15.2 Å². The van der Waals surface area contributed by atoms with Crippen molar-refractivity contribution >= 4 is 10.8 Å². The summed E-state index contributed by atoms with van der Waals surface area (Å²) < 4.78 is 16.4. The third-order valence-corrected chi connectivity index (χ3v) is 3.51. The molecule has 0 aliphatic carbocycles. The second-order valence-corrected chi connectivity index (χ2v) is 4.78. The van der Waals surface area contributed by atoms with Crippen LogP contribution in [0.2, 0.25) is 0 Å². The fourth-order valence-electron chi connectivity index (χ4n) is 1.14. The first-order chi connectivity index (χ1) is 6.74. The van der Waals surface area contributed by atoms with Crippen LogP contribution in [0.4, 0.5) is 0 Å². The maximum Gasteiger partial charge on any atom is 0.0471 e. The van der Waals surface area contributed by atoms with E-state index in [0.717, 1.165) is 6.42 Å². The minimum absolute atomic E-state index is 0.140. The Kier molecular flexibility index (Phi) is 9.60. The molecular weight excluding hydrogens is 202 g/mol. The minimum atomic E-state index is -0.807. The highest BCUT2D eigenvalue weighted by atomic mass is 32.2. The molecule has 0 spiro atoms. The van der Waals surface area contributed by atoms with Gasteiger partial charge in [-0.2, -0.15) is 0 Å². The van der Waals surface area contributed by atoms with Gasteiger partial charge in [0.2, 0.25) is 0 Å². The first-order valence-electron chi connectivity index (χ1n) is 4.86. The number of aliphatic hydroxyl groups is 1. The van der Waals surface area contributed by atoms with Gasteiger partial charge in [0.1, 0.15) is 0 Å². The van der Waals surface area contributed by atoms with Gasteiger partial charge in [-0.25, -0.2) is 0 Å². The van der Waals surface area contributed by atoms with Crippen molar-refractivity contribution in [2.24, 2.45) is 0 Å². The van der Waals surface area contributed by atoms with Crippen LogP contribution in [-0.4, -0.2) is 54.2 Å². The number of nitrogens with one attached hydrogen (secondary N) is 1. The molecule has 0 amide bonds. The van der Waals surface area contributed by atoms with Crippen molar-refractivity contribution in [1.82, 2.24) is 5.32 Å². The van der Waals surface area contributed by atoms with Crippen LogP contribution in [0.15, 0.2) is 0 Å². The largest absolute Gasteiger partial charge is 0.396 e. The van der Waals surface area contributed by atoms with Gasteiger partial charge in [0, 0.05) is 48.7 Å². The summed E-state index contributed by atoms with van der Waals surface area (Å²) in [6.45, 7) is 0.802. The number of hydrogen-bond acceptors (Lipinski definition) is 4. The maximum absolute atomic E-state index is 11.5. The maximum atomic E-state index is 11.5. The minimum Gasteiger partial charge on any atom is -0.396 e. The summed E-state index contributed by atoms with van der Waals surface area (Å²) in [6.07, 6.45) is 1.49. The molecule has 0 radical (unpaired) electrons. The van der Waals surface area contributed by atoms with Crippen LogP contribution >= 0.6 is 0 Å². The van der Waals surface area contributed by atoms with E-state index >= 15 is 0 Å². The zero-order valence-corrected chi connectivity index (χ0v) is 9.81. The van der Waals surface area contributed by atoms with E-state index in [0.29, 0.717) is 24.5 Å². The fourth-order valence-corrected chi connectivity index (χ4v) is 2.53. The van der Waals surface area contributed by atoms with E-state index in [1.54, 1.807) is 7.11 Å². The Morgan fingerprint density at radius 1 is 1.57 bits per heavy atom. The highest BCUT2D eigenvalue weighted by molar-refractivity contribution is 7.85. The highest BCUT2D eigenvalue weighted by Crippen LogP contribution is 1.96. The molecule has 2 unspecified atom stereocenters. The standard InChI is InChI=1S/C9H21NO3S/c1-10-9(4-5-11)8-14(12)7-3-6-13-2/h9-11H,3-8H2,1-2H3. The molecule has 0 aliphatic rings. The first kappa shape index (κ1) is 14.0. The van der Waals surface area contributed by atoms with E-state index in [2.05, 4.69) is 5.32 Å². The Morgan fingerprint density at radius 2 is 2.29 bits per heavy atom. The molecule has 0 aliphatic heterocycles. The average Bonchev–Trinajstić information content (AvgIpc) is 2.17. The van der Waals surface area contributed by atoms with Crippen LogP contribution in [0.5, 0.6) is 0 Å². The molecule has 0 saturated carbocycles. The normalized spacial score (nSPS) is 15.4. The van der Waals surface area contributed by atoms with Gasteiger partial charge in [0.15, 0.2) is 0 Å². The second kappa shape index (κ2) is 9.58. The summed E-state index contributed by atoms with van der Waals surface area (Å²) in [5.74, 6) is 1.29. The molecule has 2 N–H and O–H groups in total. The summed E-state index contributed by atoms with van der Waals surface area (Å²) in [6, 6.07) is 0.156. The number of hydrogen-bond donors (Lipinski definition) is 2. The Balaban J connectivity index is 3.56. The Hall–Kier alpha value is 0.0300. The van der Waals surface area contributed by atoms with Crippen molar-refractivity contribution in [3.63, 3.8) is 0 Å². The molecule has 0 fully saturated rings. The van der Waals surface area contributed by atoms with Crippen LogP contribution in [0.3, 0.4) is 0 Å². The molecule has 0 bridgehead atoms. The van der Waals surface area contributed by atoms with Crippen molar-refractivity contribution in [2.45, 2.75) is 18.9 Å². The summed E-state index contributed by atoms with van der Waals surface area (Å²) >= 11 is 0. The molecule has 0 saturated heterocycles. The van der Waals surface area contributed by atoms with Gasteiger partial charge in [-0.1, -0.05) is 0 Å². The number of aliphatic hydroxyl groups excluding tert-OH is 1. The molecule has 2 atom stereocenters. The number of methoxy groups -OCH3 is 1. The topological polar surface area (TPSA) is 58.6 Å². The van der Waals surface area contributed by atoms with Gasteiger partial charge in [0.25, 0.3) is 0 Å². The zero-order valence-electron chi connectivity index (χ0n) is 8.99. The Bertz CT molecular complexity index is 155. The van der Waals surface area contributed by atoms with Gasteiger partial charge in [-0.05, 0) is 19.9 Å². The predicted octanol–water partition coefficient (Wildman–Crippen LogP) is -0.258. The van der Waals surface area contributed by atoms with Crippen molar-refractivity contribution < 1.29 is 14.1 Å². The van der Waals surface area contributed by atoms with Crippen LogP contribution in [0.25, 0.3) is 0 Å². The molecule has 14 heavy (non-hydrogen) atoms. The zero-order chi connectivity index (χ0) is 10.8. The molecular formula is C9H21NO3S. The summed E-state index contributed by atoms with van der Waals surface area (Å²) in [7, 11) is 2.66. The van der Waals surface area contributed by atoms with E-state index in [4.69, 9.17) is 9.84 Å². The van der Waals surface area contributed by atoms with Crippen LogP contribution in [0, 0.1) is 0 Å². The Labute approximate surface area is 88.5 Å². The van der Waals surface area contributed by atoms with E-state index < -0.39 is 10.8 Å². The van der Waals surface area contributed by atoms with E-state index in [1.807, 2.05) is 7.05 Å². The molecule has 86 valence electrons. The van der Waals surface area contributed by atoms with Crippen molar-refractivity contribution in [2.75, 3.05) is 38.9 Å². The van der Waals surface area contributed by atoms with Crippen LogP contribution in [0.1, 0.15) is 12.8 Å². The van der Waals surface area contributed by atoms with Gasteiger partial charge in [0.05, 0.1) is 0 Å². The highest BCUT2D eigenvalue weighted by Gasteiger charge is 2.09. The van der Waals surface area contributed by atoms with E-state index in [9.17, 15) is 4.21 Å². The van der Waals surface area contributed by atoms with Crippen LogP contribution < -0.4 is 5.32 Å². The van der Waals surface area contributed by atoms with Crippen molar-refractivity contribution in [3.05, 3.63) is 0 Å². The lowest BCUT2D eigenvalue weighted by Crippen LogP contribution is -2.32. The molecule has 0 aromatic rings. The van der Waals surface area contributed by atoms with Gasteiger partial charge in [-0.15, -0.1) is 0 Å². The molecule has 0 aromatic carbocycles. The average molecular weight is 223 g/mol. The monoisotopic (exact) mass is 223 g/mol. The predicted molar refractivity (Wildman–Crippen MR) is 58.9 cm³/mol. The molecule has 0 rings (SSSR count). The summed E-state index contributed by atoms with van der Waals surface area (Å²) in [4.78, 5) is 0. The SMILES string of the molecule is CNC(CCO)CS(=O)CCCOC. The quantitative estimate of drug-likeness (QED) is 0.529. The summed E-state index contributed by atoms with van der Waals surface area (Å²) in [5, 5.41) is 11.8. The van der Waals surface area contributed by atoms with E-state index in [1.165, 1.54) is 0 Å². The Morgan fingerprint density at radius 3 is 2.79 bits per heavy atom. The van der Waals surface area contributed by atoms with E-state index in [-0.39, 0.29) is 12.6 Å². The molecule has 4 nitrogen and oxygen atoms in total. The second-order valence-electron chi connectivity index (χ2n) is 3.15. The van der Waals surface area contributed by atoms with Crippen LogP contribution in [-0.2, 0) is 15.5 Å². The van der Waals surface area contributed by atoms with Gasteiger partial charge in [-0.3, -0.25) is 4.21 Å². The van der Waals surface area contributed by atoms with Gasteiger partial charge >= 0.3 is 0 Å².